The van der Waals surface area contributed by atoms with E-state index in [4.69, 9.17) is 0 Å². The molecule has 2 aromatic carbocycles. The van der Waals surface area contributed by atoms with Gasteiger partial charge in [-0.3, -0.25) is 9.69 Å². The lowest BCUT2D eigenvalue weighted by molar-refractivity contribution is -0.137. The lowest BCUT2D eigenvalue weighted by atomic mass is 10.0. The SMILES string of the molecule is Cc1cc(CN2CCc3nc(-c4ccc(C(F)(F)F)cc4)[nH]c(=O)c3C2)ccc1O. The van der Waals surface area contributed by atoms with Crippen molar-refractivity contribution in [2.24, 2.45) is 0 Å². The first kappa shape index (κ1) is 20.2. The van der Waals surface area contributed by atoms with Gasteiger partial charge in [-0.05, 0) is 36.2 Å². The van der Waals surface area contributed by atoms with Crippen LogP contribution >= 0.6 is 0 Å². The fourth-order valence-electron chi connectivity index (χ4n) is 3.64. The van der Waals surface area contributed by atoms with Crippen molar-refractivity contribution in [3.8, 4) is 17.1 Å². The van der Waals surface area contributed by atoms with Gasteiger partial charge in [0.1, 0.15) is 11.6 Å². The Balaban J connectivity index is 1.55. The Hall–Kier alpha value is -3.13. The van der Waals surface area contributed by atoms with Gasteiger partial charge in [-0.2, -0.15) is 13.2 Å². The predicted molar refractivity (Wildman–Crippen MR) is 106 cm³/mol. The van der Waals surface area contributed by atoms with Crippen molar-refractivity contribution in [3.05, 3.63) is 80.8 Å². The number of phenols is 1. The molecule has 0 amide bonds. The van der Waals surface area contributed by atoms with E-state index in [0.29, 0.717) is 42.9 Å². The molecule has 0 fully saturated rings. The van der Waals surface area contributed by atoms with Crippen LogP contribution in [0.5, 0.6) is 5.75 Å². The van der Waals surface area contributed by atoms with E-state index in [-0.39, 0.29) is 17.1 Å². The number of aromatic nitrogens is 2. The van der Waals surface area contributed by atoms with Gasteiger partial charge in [0, 0.05) is 31.6 Å². The number of alkyl halides is 3. The van der Waals surface area contributed by atoms with Crippen LogP contribution < -0.4 is 5.56 Å². The van der Waals surface area contributed by atoms with Gasteiger partial charge in [0.25, 0.3) is 5.56 Å². The summed E-state index contributed by atoms with van der Waals surface area (Å²) in [5, 5.41) is 9.67. The van der Waals surface area contributed by atoms with E-state index in [2.05, 4.69) is 14.9 Å². The molecule has 5 nitrogen and oxygen atoms in total. The third kappa shape index (κ3) is 4.09. The Bertz CT molecular complexity index is 1140. The van der Waals surface area contributed by atoms with Crippen molar-refractivity contribution in [2.45, 2.75) is 32.6 Å². The first-order valence-corrected chi connectivity index (χ1v) is 9.51. The monoisotopic (exact) mass is 415 g/mol. The number of phenolic OH excluding ortho intramolecular Hbond substituents is 1. The molecule has 4 rings (SSSR count). The number of hydrogen-bond donors (Lipinski definition) is 2. The fraction of sp³-hybridized carbons (Fsp3) is 0.273. The van der Waals surface area contributed by atoms with Gasteiger partial charge in [0.2, 0.25) is 0 Å². The summed E-state index contributed by atoms with van der Waals surface area (Å²) in [4.78, 5) is 22.0. The lowest BCUT2D eigenvalue weighted by Crippen LogP contribution is -2.35. The summed E-state index contributed by atoms with van der Waals surface area (Å²) in [5.74, 6) is 0.522. The average Bonchev–Trinajstić information content (AvgIpc) is 2.70. The second kappa shape index (κ2) is 7.60. The molecule has 0 saturated carbocycles. The second-order valence-corrected chi connectivity index (χ2v) is 7.50. The summed E-state index contributed by atoms with van der Waals surface area (Å²) in [6.07, 6.45) is -3.83. The number of aromatic hydroxyl groups is 1. The highest BCUT2D eigenvalue weighted by atomic mass is 19.4. The Morgan fingerprint density at radius 3 is 2.57 bits per heavy atom. The number of aryl methyl sites for hydroxylation is 1. The van der Waals surface area contributed by atoms with Crippen LogP contribution in [0.1, 0.15) is 27.9 Å². The van der Waals surface area contributed by atoms with E-state index in [1.54, 1.807) is 6.07 Å². The van der Waals surface area contributed by atoms with Gasteiger partial charge < -0.3 is 10.1 Å². The van der Waals surface area contributed by atoms with Crippen molar-refractivity contribution in [2.75, 3.05) is 6.54 Å². The molecule has 0 radical (unpaired) electrons. The number of hydrogen-bond acceptors (Lipinski definition) is 4. The highest BCUT2D eigenvalue weighted by Gasteiger charge is 2.30. The van der Waals surface area contributed by atoms with Crippen molar-refractivity contribution in [1.29, 1.82) is 0 Å². The molecule has 2 N–H and O–H groups in total. The topological polar surface area (TPSA) is 69.2 Å². The Morgan fingerprint density at radius 2 is 1.90 bits per heavy atom. The predicted octanol–water partition coefficient (Wildman–Crippen LogP) is 4.03. The summed E-state index contributed by atoms with van der Waals surface area (Å²) in [6, 6.07) is 10.0. The maximum atomic E-state index is 12.8. The molecule has 156 valence electrons. The summed E-state index contributed by atoms with van der Waals surface area (Å²) in [7, 11) is 0. The number of aromatic amines is 1. The van der Waals surface area contributed by atoms with Crippen LogP contribution in [0, 0.1) is 6.92 Å². The number of nitrogens with one attached hydrogen (secondary N) is 1. The first-order valence-electron chi connectivity index (χ1n) is 9.51. The van der Waals surface area contributed by atoms with Gasteiger partial charge >= 0.3 is 6.18 Å². The van der Waals surface area contributed by atoms with Gasteiger partial charge in [0.05, 0.1) is 16.8 Å². The molecule has 8 heteroatoms. The smallest absolute Gasteiger partial charge is 0.416 e. The minimum Gasteiger partial charge on any atom is -0.508 e. The standard InChI is InChI=1S/C22H20F3N3O2/c1-13-10-14(2-7-19(13)29)11-28-9-8-18-17(12-28)21(30)27-20(26-18)15-3-5-16(6-4-15)22(23,24)25/h2-7,10,29H,8-9,11-12H2,1H3,(H,26,27,30). The molecule has 0 spiro atoms. The Labute approximate surface area is 170 Å². The number of rotatable bonds is 3. The van der Waals surface area contributed by atoms with Gasteiger partial charge in [-0.25, -0.2) is 4.98 Å². The van der Waals surface area contributed by atoms with Crippen LogP contribution in [-0.4, -0.2) is 26.5 Å². The molecule has 0 aliphatic carbocycles. The van der Waals surface area contributed by atoms with E-state index in [9.17, 15) is 23.1 Å². The summed E-state index contributed by atoms with van der Waals surface area (Å²) < 4.78 is 38.3. The van der Waals surface area contributed by atoms with Crippen LogP contribution in [0.2, 0.25) is 0 Å². The maximum absolute atomic E-state index is 12.8. The summed E-state index contributed by atoms with van der Waals surface area (Å²) in [5.41, 5.74) is 2.50. The minimum absolute atomic E-state index is 0.249. The number of H-pyrrole nitrogens is 1. The van der Waals surface area contributed by atoms with Gasteiger partial charge in [-0.15, -0.1) is 0 Å². The van der Waals surface area contributed by atoms with Crippen LogP contribution in [0.3, 0.4) is 0 Å². The number of benzene rings is 2. The van der Waals surface area contributed by atoms with Crippen LogP contribution in [0.4, 0.5) is 13.2 Å². The number of fused-ring (bicyclic) bond motifs is 1. The minimum atomic E-state index is -4.41. The Morgan fingerprint density at radius 1 is 1.17 bits per heavy atom. The molecule has 0 unspecified atom stereocenters. The van der Waals surface area contributed by atoms with Crippen LogP contribution in [-0.2, 0) is 25.7 Å². The quantitative estimate of drug-likeness (QED) is 0.678. The molecule has 2 heterocycles. The van der Waals surface area contributed by atoms with Crippen LogP contribution in [0.15, 0.2) is 47.3 Å². The van der Waals surface area contributed by atoms with E-state index >= 15 is 0 Å². The number of nitrogens with zero attached hydrogens (tertiary/aromatic N) is 2. The van der Waals surface area contributed by atoms with Crippen molar-refractivity contribution >= 4 is 0 Å². The van der Waals surface area contributed by atoms with Gasteiger partial charge in [0.15, 0.2) is 0 Å². The van der Waals surface area contributed by atoms with E-state index in [0.717, 1.165) is 23.3 Å². The molecule has 0 bridgehead atoms. The zero-order chi connectivity index (χ0) is 21.5. The fourth-order valence-corrected chi connectivity index (χ4v) is 3.64. The third-order valence-corrected chi connectivity index (χ3v) is 5.30. The second-order valence-electron chi connectivity index (χ2n) is 7.50. The van der Waals surface area contributed by atoms with Crippen molar-refractivity contribution in [3.63, 3.8) is 0 Å². The molecule has 1 aliphatic heterocycles. The molecule has 30 heavy (non-hydrogen) atoms. The zero-order valence-electron chi connectivity index (χ0n) is 16.3. The largest absolute Gasteiger partial charge is 0.508 e. The van der Waals surface area contributed by atoms with Crippen molar-refractivity contribution < 1.29 is 18.3 Å². The average molecular weight is 415 g/mol. The third-order valence-electron chi connectivity index (χ3n) is 5.30. The molecule has 0 atom stereocenters. The first-order chi connectivity index (χ1) is 14.2. The summed E-state index contributed by atoms with van der Waals surface area (Å²) >= 11 is 0. The molecule has 1 aromatic heterocycles. The molecule has 0 saturated heterocycles. The van der Waals surface area contributed by atoms with Gasteiger partial charge in [-0.1, -0.05) is 24.3 Å². The highest BCUT2D eigenvalue weighted by Crippen LogP contribution is 2.30. The van der Waals surface area contributed by atoms with Crippen molar-refractivity contribution in [1.82, 2.24) is 14.9 Å². The Kier molecular flexibility index (Phi) is 5.11. The molecule has 1 aliphatic rings. The zero-order valence-corrected chi connectivity index (χ0v) is 16.3. The molecular formula is C22H20F3N3O2. The highest BCUT2D eigenvalue weighted by molar-refractivity contribution is 5.56. The lowest BCUT2D eigenvalue weighted by Gasteiger charge is -2.28. The molecular weight excluding hydrogens is 395 g/mol. The normalized spacial score (nSPS) is 14.5. The summed E-state index contributed by atoms with van der Waals surface area (Å²) in [6.45, 7) is 3.61. The van der Waals surface area contributed by atoms with E-state index in [1.807, 2.05) is 19.1 Å². The molecule has 3 aromatic rings. The van der Waals surface area contributed by atoms with Crippen LogP contribution in [0.25, 0.3) is 11.4 Å². The van der Waals surface area contributed by atoms with E-state index < -0.39 is 11.7 Å². The number of halogens is 3. The maximum Gasteiger partial charge on any atom is 0.416 e. The van der Waals surface area contributed by atoms with E-state index in [1.165, 1.54) is 12.1 Å².